The Kier molecular flexibility index (Phi) is 3.46. The quantitative estimate of drug-likeness (QED) is 0.913. The van der Waals surface area contributed by atoms with Crippen LogP contribution in [0.3, 0.4) is 0 Å². The van der Waals surface area contributed by atoms with Crippen LogP contribution in [-0.2, 0) is 11.3 Å². The highest BCUT2D eigenvalue weighted by Gasteiger charge is 2.16. The van der Waals surface area contributed by atoms with Gasteiger partial charge in [-0.3, -0.25) is 0 Å². The predicted octanol–water partition coefficient (Wildman–Crippen LogP) is 1.95. The highest BCUT2D eigenvalue weighted by atomic mass is 16.5. The Hall–Kier alpha value is -1.88. The van der Waals surface area contributed by atoms with Gasteiger partial charge in [0.2, 0.25) is 0 Å². The second-order valence-electron chi connectivity index (χ2n) is 4.99. The third-order valence-corrected chi connectivity index (χ3v) is 3.50. The monoisotopic (exact) mass is 258 g/mol. The third-order valence-electron chi connectivity index (χ3n) is 3.50. The predicted molar refractivity (Wildman–Crippen MR) is 73.4 cm³/mol. The van der Waals surface area contributed by atoms with Crippen LogP contribution in [0.5, 0.6) is 0 Å². The van der Waals surface area contributed by atoms with E-state index in [1.54, 1.807) is 6.20 Å². The SMILES string of the molecule is Nc1ccc(-c2cncn2CC2CCCOC2)cn1. The molecule has 3 rings (SSSR count). The van der Waals surface area contributed by atoms with Crippen molar-refractivity contribution in [2.45, 2.75) is 19.4 Å². The Morgan fingerprint density at radius 3 is 3.05 bits per heavy atom. The molecule has 3 heterocycles. The van der Waals surface area contributed by atoms with E-state index >= 15 is 0 Å². The number of anilines is 1. The van der Waals surface area contributed by atoms with E-state index in [1.807, 2.05) is 24.7 Å². The van der Waals surface area contributed by atoms with Gasteiger partial charge in [0.25, 0.3) is 0 Å². The van der Waals surface area contributed by atoms with E-state index < -0.39 is 0 Å². The van der Waals surface area contributed by atoms with Crippen molar-refractivity contribution in [3.8, 4) is 11.3 Å². The maximum atomic E-state index is 5.62. The van der Waals surface area contributed by atoms with Gasteiger partial charge in [-0.25, -0.2) is 9.97 Å². The van der Waals surface area contributed by atoms with Crippen LogP contribution in [0.25, 0.3) is 11.3 Å². The number of pyridine rings is 1. The Morgan fingerprint density at radius 2 is 2.32 bits per heavy atom. The van der Waals surface area contributed by atoms with Crippen molar-refractivity contribution in [1.29, 1.82) is 0 Å². The molecular formula is C14H18N4O. The summed E-state index contributed by atoms with van der Waals surface area (Å²) in [6.45, 7) is 2.69. The summed E-state index contributed by atoms with van der Waals surface area (Å²) in [5.74, 6) is 1.11. The van der Waals surface area contributed by atoms with Crippen LogP contribution < -0.4 is 5.73 Å². The van der Waals surface area contributed by atoms with E-state index in [0.717, 1.165) is 37.4 Å². The number of nitrogen functional groups attached to an aromatic ring is 1. The topological polar surface area (TPSA) is 66.0 Å². The summed E-state index contributed by atoms with van der Waals surface area (Å²) in [4.78, 5) is 8.38. The second kappa shape index (κ2) is 5.40. The minimum absolute atomic E-state index is 0.537. The standard InChI is InChI=1S/C14H18N4O/c15-14-4-3-12(6-17-14)13-7-16-10-18(13)8-11-2-1-5-19-9-11/h3-4,6-7,10-11H,1-2,5,8-9H2,(H2,15,17). The van der Waals surface area contributed by atoms with Crippen LogP contribution in [0.1, 0.15) is 12.8 Å². The molecule has 1 aliphatic heterocycles. The average Bonchev–Trinajstić information content (AvgIpc) is 2.89. The molecule has 1 atom stereocenters. The van der Waals surface area contributed by atoms with E-state index in [-0.39, 0.29) is 0 Å². The first-order valence-electron chi connectivity index (χ1n) is 6.63. The molecule has 0 saturated carbocycles. The van der Waals surface area contributed by atoms with Gasteiger partial charge in [0.05, 0.1) is 24.8 Å². The van der Waals surface area contributed by atoms with Gasteiger partial charge in [0, 0.05) is 30.8 Å². The minimum atomic E-state index is 0.537. The van der Waals surface area contributed by atoms with Gasteiger partial charge in [-0.1, -0.05) is 0 Å². The molecule has 100 valence electrons. The van der Waals surface area contributed by atoms with Crippen molar-refractivity contribution in [1.82, 2.24) is 14.5 Å². The highest BCUT2D eigenvalue weighted by molar-refractivity contribution is 5.59. The molecule has 2 aromatic heterocycles. The molecule has 0 amide bonds. The number of nitrogens with zero attached hydrogens (tertiary/aromatic N) is 3. The molecule has 0 spiro atoms. The molecule has 2 aromatic rings. The largest absolute Gasteiger partial charge is 0.384 e. The van der Waals surface area contributed by atoms with Gasteiger partial charge in [-0.05, 0) is 25.0 Å². The smallest absolute Gasteiger partial charge is 0.123 e. The fourth-order valence-electron chi connectivity index (χ4n) is 2.49. The van der Waals surface area contributed by atoms with Crippen LogP contribution >= 0.6 is 0 Å². The molecule has 19 heavy (non-hydrogen) atoms. The van der Waals surface area contributed by atoms with Crippen molar-refractivity contribution in [2.75, 3.05) is 18.9 Å². The van der Waals surface area contributed by atoms with E-state index in [0.29, 0.717) is 11.7 Å². The van der Waals surface area contributed by atoms with E-state index in [2.05, 4.69) is 14.5 Å². The minimum Gasteiger partial charge on any atom is -0.384 e. The molecule has 5 heteroatoms. The summed E-state index contributed by atoms with van der Waals surface area (Å²) >= 11 is 0. The van der Waals surface area contributed by atoms with Gasteiger partial charge in [-0.2, -0.15) is 0 Å². The summed E-state index contributed by atoms with van der Waals surface area (Å²) < 4.78 is 7.70. The first kappa shape index (κ1) is 12.2. The van der Waals surface area contributed by atoms with Gasteiger partial charge in [0.1, 0.15) is 5.82 Å². The third kappa shape index (κ3) is 2.76. The summed E-state index contributed by atoms with van der Waals surface area (Å²) in [5.41, 5.74) is 7.74. The van der Waals surface area contributed by atoms with Crippen LogP contribution in [0.4, 0.5) is 5.82 Å². The Labute approximate surface area is 112 Å². The molecule has 0 aromatic carbocycles. The van der Waals surface area contributed by atoms with Crippen LogP contribution in [0, 0.1) is 5.92 Å². The van der Waals surface area contributed by atoms with Crippen molar-refractivity contribution in [3.05, 3.63) is 30.9 Å². The van der Waals surface area contributed by atoms with E-state index in [9.17, 15) is 0 Å². The number of nitrogens with two attached hydrogens (primary N) is 1. The number of hydrogen-bond acceptors (Lipinski definition) is 4. The number of hydrogen-bond donors (Lipinski definition) is 1. The summed E-state index contributed by atoms with van der Waals surface area (Å²) in [7, 11) is 0. The van der Waals surface area contributed by atoms with Crippen LogP contribution in [-0.4, -0.2) is 27.7 Å². The maximum absolute atomic E-state index is 5.62. The molecule has 2 N–H and O–H groups in total. The number of ether oxygens (including phenoxy) is 1. The lowest BCUT2D eigenvalue weighted by Gasteiger charge is -2.23. The van der Waals surface area contributed by atoms with Crippen LogP contribution in [0.15, 0.2) is 30.9 Å². The first-order chi connectivity index (χ1) is 9.33. The number of rotatable bonds is 3. The Morgan fingerprint density at radius 1 is 1.37 bits per heavy atom. The van der Waals surface area contributed by atoms with Crippen molar-refractivity contribution in [2.24, 2.45) is 5.92 Å². The molecule has 1 fully saturated rings. The fraction of sp³-hybridized carbons (Fsp3) is 0.429. The fourth-order valence-corrected chi connectivity index (χ4v) is 2.49. The van der Waals surface area contributed by atoms with Crippen molar-refractivity contribution in [3.63, 3.8) is 0 Å². The normalized spacial score (nSPS) is 19.5. The van der Waals surface area contributed by atoms with E-state index in [1.165, 1.54) is 6.42 Å². The highest BCUT2D eigenvalue weighted by Crippen LogP contribution is 2.22. The zero-order valence-electron chi connectivity index (χ0n) is 10.8. The average molecular weight is 258 g/mol. The van der Waals surface area contributed by atoms with Gasteiger partial charge in [-0.15, -0.1) is 0 Å². The van der Waals surface area contributed by atoms with Gasteiger partial charge >= 0.3 is 0 Å². The van der Waals surface area contributed by atoms with Crippen molar-refractivity contribution >= 4 is 5.82 Å². The lowest BCUT2D eigenvalue weighted by molar-refractivity contribution is 0.0485. The second-order valence-corrected chi connectivity index (χ2v) is 4.99. The Balaban J connectivity index is 1.79. The molecular weight excluding hydrogens is 240 g/mol. The molecule has 1 unspecified atom stereocenters. The summed E-state index contributed by atoms with van der Waals surface area (Å²) in [6.07, 6.45) is 7.91. The maximum Gasteiger partial charge on any atom is 0.123 e. The molecule has 0 bridgehead atoms. The summed E-state index contributed by atoms with van der Waals surface area (Å²) in [5, 5.41) is 0. The lowest BCUT2D eigenvalue weighted by Crippen LogP contribution is -2.22. The van der Waals surface area contributed by atoms with E-state index in [4.69, 9.17) is 10.5 Å². The van der Waals surface area contributed by atoms with Crippen LogP contribution in [0.2, 0.25) is 0 Å². The number of imidazole rings is 1. The summed E-state index contributed by atoms with van der Waals surface area (Å²) in [6, 6.07) is 3.80. The molecule has 5 nitrogen and oxygen atoms in total. The Bertz CT molecular complexity index is 529. The zero-order chi connectivity index (χ0) is 13.1. The lowest BCUT2D eigenvalue weighted by atomic mass is 10.0. The van der Waals surface area contributed by atoms with Gasteiger partial charge in [0.15, 0.2) is 0 Å². The first-order valence-corrected chi connectivity index (χ1v) is 6.63. The molecule has 0 aliphatic carbocycles. The number of aromatic nitrogens is 3. The zero-order valence-corrected chi connectivity index (χ0v) is 10.8. The molecule has 0 radical (unpaired) electrons. The molecule has 1 saturated heterocycles. The molecule has 1 aliphatic rings. The van der Waals surface area contributed by atoms with Gasteiger partial charge < -0.3 is 15.0 Å². The van der Waals surface area contributed by atoms with Crippen molar-refractivity contribution < 1.29 is 4.74 Å².